The second-order valence-corrected chi connectivity index (χ2v) is 9.16. The summed E-state index contributed by atoms with van der Waals surface area (Å²) in [5, 5.41) is 9.70. The van der Waals surface area contributed by atoms with Gasteiger partial charge in [-0.25, -0.2) is 0 Å². The van der Waals surface area contributed by atoms with Crippen molar-refractivity contribution in [3.8, 4) is 17.2 Å². The summed E-state index contributed by atoms with van der Waals surface area (Å²) in [5.41, 5.74) is 9.26. The van der Waals surface area contributed by atoms with Crippen molar-refractivity contribution in [1.82, 2.24) is 0 Å². The number of hydrogen-bond donors (Lipinski definition) is 2. The number of benzene rings is 4. The van der Waals surface area contributed by atoms with Gasteiger partial charge in [-0.2, -0.15) is 0 Å². The van der Waals surface area contributed by atoms with E-state index in [0.29, 0.717) is 25.5 Å². The minimum atomic E-state index is -1.03. The molecule has 1 unspecified atom stereocenters. The topological polar surface area (TPSA) is 91.0 Å². The van der Waals surface area contributed by atoms with Gasteiger partial charge in [0.25, 0.3) is 0 Å². The number of aromatic hydroxyl groups is 1. The number of ether oxygens (including phenoxy) is 3. The molecule has 0 aliphatic carbocycles. The largest absolute Gasteiger partial charge is 0.508 e. The average molecular weight is 512 g/mol. The zero-order valence-electron chi connectivity index (χ0n) is 21.7. The van der Waals surface area contributed by atoms with Gasteiger partial charge in [0.05, 0.1) is 6.61 Å². The van der Waals surface area contributed by atoms with Crippen molar-refractivity contribution in [1.29, 1.82) is 0 Å². The SMILES string of the molecule is CCOC(=O)C(C)(c1ccc(O)cc1)c1ccc(OCc2cccc(COc3ccc(CN)cc3)c2)cc1. The highest BCUT2D eigenvalue weighted by atomic mass is 16.5. The maximum absolute atomic E-state index is 13.0. The van der Waals surface area contributed by atoms with Crippen LogP contribution in [-0.2, 0) is 34.7 Å². The van der Waals surface area contributed by atoms with E-state index in [0.717, 1.165) is 33.6 Å². The van der Waals surface area contributed by atoms with E-state index in [-0.39, 0.29) is 18.3 Å². The van der Waals surface area contributed by atoms with Crippen LogP contribution >= 0.6 is 0 Å². The van der Waals surface area contributed by atoms with Gasteiger partial charge in [-0.3, -0.25) is 4.79 Å². The lowest BCUT2D eigenvalue weighted by atomic mass is 9.76. The van der Waals surface area contributed by atoms with Gasteiger partial charge >= 0.3 is 5.97 Å². The summed E-state index contributed by atoms with van der Waals surface area (Å²) in [6.07, 6.45) is 0. The fourth-order valence-corrected chi connectivity index (χ4v) is 4.22. The fourth-order valence-electron chi connectivity index (χ4n) is 4.22. The molecular formula is C32H33NO5. The Kier molecular flexibility index (Phi) is 8.66. The van der Waals surface area contributed by atoms with Gasteiger partial charge in [-0.05, 0) is 84.1 Å². The quantitative estimate of drug-likeness (QED) is 0.245. The van der Waals surface area contributed by atoms with Crippen LogP contribution in [0.1, 0.15) is 41.7 Å². The van der Waals surface area contributed by atoms with Crippen LogP contribution in [0, 0.1) is 0 Å². The molecule has 0 aliphatic rings. The summed E-state index contributed by atoms with van der Waals surface area (Å²) in [6, 6.07) is 29.9. The third-order valence-electron chi connectivity index (χ3n) is 6.52. The molecule has 4 rings (SSSR count). The van der Waals surface area contributed by atoms with Gasteiger partial charge in [0.2, 0.25) is 0 Å². The summed E-state index contributed by atoms with van der Waals surface area (Å²) in [4.78, 5) is 13.0. The minimum absolute atomic E-state index is 0.139. The number of carbonyl (C=O) groups is 1. The Morgan fingerprint density at radius 1 is 0.763 bits per heavy atom. The molecule has 1 atom stereocenters. The number of rotatable bonds is 11. The molecule has 0 bridgehead atoms. The maximum Gasteiger partial charge on any atom is 0.320 e. The Balaban J connectivity index is 1.42. The second-order valence-electron chi connectivity index (χ2n) is 9.16. The van der Waals surface area contributed by atoms with Crippen molar-refractivity contribution >= 4 is 5.97 Å². The first-order chi connectivity index (χ1) is 18.4. The van der Waals surface area contributed by atoms with Crippen LogP contribution in [-0.4, -0.2) is 17.7 Å². The predicted molar refractivity (Wildman–Crippen MR) is 147 cm³/mol. The van der Waals surface area contributed by atoms with Crippen LogP contribution in [0.3, 0.4) is 0 Å². The molecule has 6 nitrogen and oxygen atoms in total. The Morgan fingerprint density at radius 2 is 1.26 bits per heavy atom. The standard InChI is InChI=1S/C32H33NO5/c1-3-36-31(35)32(2,26-9-13-28(34)14-10-26)27-11-17-30(18-12-27)38-22-25-6-4-5-24(19-25)21-37-29-15-7-23(20-33)8-16-29/h4-19,34H,3,20-22,33H2,1-2H3. The van der Waals surface area contributed by atoms with Gasteiger partial charge < -0.3 is 25.1 Å². The first-order valence-electron chi connectivity index (χ1n) is 12.6. The molecule has 0 spiro atoms. The van der Waals surface area contributed by atoms with Crippen molar-refractivity contribution in [2.75, 3.05) is 6.61 Å². The summed E-state index contributed by atoms with van der Waals surface area (Å²) in [5.74, 6) is 1.27. The van der Waals surface area contributed by atoms with Crippen LogP contribution in [0.4, 0.5) is 0 Å². The second kappa shape index (κ2) is 12.3. The van der Waals surface area contributed by atoms with Gasteiger partial charge in [-0.1, -0.05) is 54.6 Å². The fraction of sp³-hybridized carbons (Fsp3) is 0.219. The van der Waals surface area contributed by atoms with Gasteiger partial charge in [0.15, 0.2) is 0 Å². The number of nitrogens with two attached hydrogens (primary N) is 1. The number of phenols is 1. The molecule has 3 N–H and O–H groups in total. The third-order valence-corrected chi connectivity index (χ3v) is 6.52. The van der Waals surface area contributed by atoms with Crippen molar-refractivity contribution in [2.24, 2.45) is 5.73 Å². The molecule has 6 heteroatoms. The van der Waals surface area contributed by atoms with E-state index in [9.17, 15) is 9.90 Å². The molecular weight excluding hydrogens is 478 g/mol. The zero-order chi connectivity index (χ0) is 27.0. The van der Waals surface area contributed by atoms with E-state index in [1.165, 1.54) is 0 Å². The minimum Gasteiger partial charge on any atom is -0.508 e. The molecule has 0 radical (unpaired) electrons. The first kappa shape index (κ1) is 26.8. The third kappa shape index (κ3) is 6.33. The lowest BCUT2D eigenvalue weighted by Crippen LogP contribution is -2.35. The van der Waals surface area contributed by atoms with Crippen molar-refractivity contribution in [2.45, 2.75) is 39.0 Å². The Labute approximate surface area is 223 Å². The highest BCUT2D eigenvalue weighted by molar-refractivity contribution is 5.87. The molecule has 0 amide bonds. The van der Waals surface area contributed by atoms with E-state index >= 15 is 0 Å². The summed E-state index contributed by atoms with van der Waals surface area (Å²) >= 11 is 0. The van der Waals surface area contributed by atoms with E-state index < -0.39 is 5.41 Å². The Bertz CT molecular complexity index is 1330. The van der Waals surface area contributed by atoms with E-state index in [1.807, 2.05) is 73.7 Å². The average Bonchev–Trinajstić information content (AvgIpc) is 2.96. The number of hydrogen-bond acceptors (Lipinski definition) is 6. The number of esters is 1. The lowest BCUT2D eigenvalue weighted by molar-refractivity contribution is -0.147. The molecule has 196 valence electrons. The predicted octanol–water partition coefficient (Wildman–Crippen LogP) is 5.88. The van der Waals surface area contributed by atoms with Crippen molar-refractivity contribution in [3.63, 3.8) is 0 Å². The van der Waals surface area contributed by atoms with Crippen LogP contribution in [0.2, 0.25) is 0 Å². The molecule has 4 aromatic rings. The Hall–Kier alpha value is -4.29. The number of carbonyl (C=O) groups excluding carboxylic acids is 1. The monoisotopic (exact) mass is 511 g/mol. The van der Waals surface area contributed by atoms with Crippen LogP contribution in [0.15, 0.2) is 97.1 Å². The molecule has 0 heterocycles. The summed E-state index contributed by atoms with van der Waals surface area (Å²) in [6.45, 7) is 5.24. The van der Waals surface area contributed by atoms with E-state index in [1.54, 1.807) is 31.2 Å². The molecule has 0 fully saturated rings. The van der Waals surface area contributed by atoms with Crippen LogP contribution in [0.25, 0.3) is 0 Å². The smallest absolute Gasteiger partial charge is 0.320 e. The highest BCUT2D eigenvalue weighted by Gasteiger charge is 2.38. The van der Waals surface area contributed by atoms with Gasteiger partial charge in [0, 0.05) is 6.54 Å². The molecule has 0 saturated heterocycles. The summed E-state index contributed by atoms with van der Waals surface area (Å²) < 4.78 is 17.3. The molecule has 0 saturated carbocycles. The van der Waals surface area contributed by atoms with Crippen LogP contribution in [0.5, 0.6) is 17.2 Å². The maximum atomic E-state index is 13.0. The van der Waals surface area contributed by atoms with Gasteiger partial charge in [0.1, 0.15) is 35.9 Å². The zero-order valence-corrected chi connectivity index (χ0v) is 21.7. The molecule has 38 heavy (non-hydrogen) atoms. The molecule has 0 aromatic heterocycles. The van der Waals surface area contributed by atoms with E-state index in [2.05, 4.69) is 6.07 Å². The first-order valence-corrected chi connectivity index (χ1v) is 12.6. The van der Waals surface area contributed by atoms with Crippen molar-refractivity contribution in [3.05, 3.63) is 125 Å². The van der Waals surface area contributed by atoms with Crippen molar-refractivity contribution < 1.29 is 24.1 Å². The molecule has 0 aliphatic heterocycles. The Morgan fingerprint density at radius 3 is 1.76 bits per heavy atom. The summed E-state index contributed by atoms with van der Waals surface area (Å²) in [7, 11) is 0. The highest BCUT2D eigenvalue weighted by Crippen LogP contribution is 2.35. The number of phenolic OH excluding ortho intramolecular Hbond substituents is 1. The van der Waals surface area contributed by atoms with E-state index in [4.69, 9.17) is 19.9 Å². The normalized spacial score (nSPS) is 12.4. The van der Waals surface area contributed by atoms with Crippen LogP contribution < -0.4 is 15.2 Å². The lowest BCUT2D eigenvalue weighted by Gasteiger charge is -2.28. The molecule has 4 aromatic carbocycles. The van der Waals surface area contributed by atoms with Gasteiger partial charge in [-0.15, -0.1) is 0 Å².